The van der Waals surface area contributed by atoms with Crippen molar-refractivity contribution in [3.05, 3.63) is 48.5 Å². The van der Waals surface area contributed by atoms with Crippen molar-refractivity contribution >= 4 is 11.7 Å². The molecule has 5 nitrogen and oxygen atoms in total. The molecule has 1 atom stereocenters. The van der Waals surface area contributed by atoms with E-state index < -0.39 is 0 Å². The fourth-order valence-electron chi connectivity index (χ4n) is 3.35. The van der Waals surface area contributed by atoms with E-state index in [0.29, 0.717) is 6.10 Å². The van der Waals surface area contributed by atoms with Crippen molar-refractivity contribution in [3.63, 3.8) is 0 Å². The quantitative estimate of drug-likeness (QED) is 0.765. The molecule has 1 aliphatic heterocycles. The molecule has 2 aromatic rings. The molecule has 27 heavy (non-hydrogen) atoms. The minimum Gasteiger partial charge on any atom is -0.497 e. The van der Waals surface area contributed by atoms with Crippen LogP contribution >= 0.6 is 0 Å². The molecule has 0 bridgehead atoms. The molecule has 5 heteroatoms. The third-order valence-corrected chi connectivity index (χ3v) is 4.96. The topological polar surface area (TPSA) is 50.8 Å². The van der Waals surface area contributed by atoms with Crippen molar-refractivity contribution in [2.45, 2.75) is 31.8 Å². The number of methoxy groups -OCH3 is 1. The first-order valence-corrected chi connectivity index (χ1v) is 9.54. The minimum absolute atomic E-state index is 0.0942. The lowest BCUT2D eigenvalue weighted by Crippen LogP contribution is -2.32. The molecule has 0 aliphatic carbocycles. The number of nitrogens with one attached hydrogen (secondary N) is 1. The van der Waals surface area contributed by atoms with Crippen LogP contribution in [-0.2, 0) is 4.74 Å². The van der Waals surface area contributed by atoms with Crippen LogP contribution in [0.2, 0.25) is 0 Å². The zero-order chi connectivity index (χ0) is 19.1. The number of para-hydroxylation sites is 1. The van der Waals surface area contributed by atoms with E-state index in [4.69, 9.17) is 9.47 Å². The summed E-state index contributed by atoms with van der Waals surface area (Å²) in [4.78, 5) is 14.3. The molecule has 2 amide bonds. The van der Waals surface area contributed by atoms with Gasteiger partial charge < -0.3 is 19.7 Å². The van der Waals surface area contributed by atoms with Crippen LogP contribution in [0.15, 0.2) is 48.5 Å². The van der Waals surface area contributed by atoms with E-state index in [1.165, 1.54) is 0 Å². The molecule has 1 aliphatic rings. The Labute approximate surface area is 161 Å². The highest BCUT2D eigenvalue weighted by Crippen LogP contribution is 2.29. The predicted molar refractivity (Wildman–Crippen MR) is 108 cm³/mol. The molecule has 0 spiro atoms. The van der Waals surface area contributed by atoms with Crippen LogP contribution in [0.25, 0.3) is 11.1 Å². The second-order valence-corrected chi connectivity index (χ2v) is 6.90. The molecule has 1 N–H and O–H groups in total. The summed E-state index contributed by atoms with van der Waals surface area (Å²) in [7, 11) is 3.48. The van der Waals surface area contributed by atoms with Crippen LogP contribution in [0, 0.1) is 0 Å². The largest absolute Gasteiger partial charge is 0.497 e. The highest BCUT2D eigenvalue weighted by molar-refractivity contribution is 5.94. The molecule has 3 rings (SSSR count). The summed E-state index contributed by atoms with van der Waals surface area (Å²) in [6.07, 6.45) is 4.64. The third-order valence-electron chi connectivity index (χ3n) is 4.96. The van der Waals surface area contributed by atoms with Gasteiger partial charge in [0.25, 0.3) is 0 Å². The van der Waals surface area contributed by atoms with E-state index in [1.807, 2.05) is 55.6 Å². The van der Waals surface area contributed by atoms with Gasteiger partial charge in [-0.15, -0.1) is 0 Å². The number of hydrogen-bond acceptors (Lipinski definition) is 3. The second-order valence-electron chi connectivity index (χ2n) is 6.90. The van der Waals surface area contributed by atoms with Crippen LogP contribution in [0.5, 0.6) is 5.75 Å². The standard InChI is InChI=1S/C22H28N2O3/c1-24(15-5-7-19-8-6-16-27-19)22(25)23-21-10-4-3-9-20(21)17-11-13-18(26-2)14-12-17/h3-4,9-14,19H,5-8,15-16H2,1-2H3,(H,23,25). The Balaban J connectivity index is 1.59. The minimum atomic E-state index is -0.0942. The molecule has 1 heterocycles. The van der Waals surface area contributed by atoms with Gasteiger partial charge in [-0.1, -0.05) is 30.3 Å². The van der Waals surface area contributed by atoms with Crippen molar-refractivity contribution in [2.75, 3.05) is 32.6 Å². The van der Waals surface area contributed by atoms with E-state index in [1.54, 1.807) is 12.0 Å². The number of anilines is 1. The Hall–Kier alpha value is -2.53. The lowest BCUT2D eigenvalue weighted by atomic mass is 10.0. The number of benzene rings is 2. The Morgan fingerprint density at radius 2 is 2.00 bits per heavy atom. The lowest BCUT2D eigenvalue weighted by molar-refractivity contribution is 0.101. The van der Waals surface area contributed by atoms with Gasteiger partial charge in [0.1, 0.15) is 5.75 Å². The van der Waals surface area contributed by atoms with Gasteiger partial charge in [0.2, 0.25) is 0 Å². The maximum absolute atomic E-state index is 12.6. The van der Waals surface area contributed by atoms with Crippen LogP contribution in [0.3, 0.4) is 0 Å². The molecule has 2 aromatic carbocycles. The van der Waals surface area contributed by atoms with Crippen molar-refractivity contribution in [2.24, 2.45) is 0 Å². The van der Waals surface area contributed by atoms with E-state index in [9.17, 15) is 4.79 Å². The van der Waals surface area contributed by atoms with E-state index in [2.05, 4.69) is 5.32 Å². The number of carbonyl (C=O) groups excluding carboxylic acids is 1. The van der Waals surface area contributed by atoms with Gasteiger partial charge in [-0.3, -0.25) is 0 Å². The van der Waals surface area contributed by atoms with E-state index in [0.717, 1.165) is 61.4 Å². The number of carbonyl (C=O) groups is 1. The first-order valence-electron chi connectivity index (χ1n) is 9.54. The van der Waals surface area contributed by atoms with Gasteiger partial charge in [-0.25, -0.2) is 4.79 Å². The number of nitrogens with zero attached hydrogens (tertiary/aromatic N) is 1. The van der Waals surface area contributed by atoms with Gasteiger partial charge in [0.05, 0.1) is 18.9 Å². The molecule has 1 fully saturated rings. The number of hydrogen-bond donors (Lipinski definition) is 1. The average molecular weight is 368 g/mol. The molecule has 0 saturated carbocycles. The summed E-state index contributed by atoms with van der Waals surface area (Å²) < 4.78 is 10.9. The fourth-order valence-corrected chi connectivity index (χ4v) is 3.35. The lowest BCUT2D eigenvalue weighted by Gasteiger charge is -2.20. The number of urea groups is 1. The first-order chi connectivity index (χ1) is 13.2. The molecular weight excluding hydrogens is 340 g/mol. The summed E-state index contributed by atoms with van der Waals surface area (Å²) in [5.74, 6) is 0.811. The summed E-state index contributed by atoms with van der Waals surface area (Å²) in [5, 5.41) is 3.04. The van der Waals surface area contributed by atoms with Crippen molar-refractivity contribution in [3.8, 4) is 16.9 Å². The highest BCUT2D eigenvalue weighted by Gasteiger charge is 2.16. The summed E-state index contributed by atoms with van der Waals surface area (Å²) in [6, 6.07) is 15.6. The average Bonchev–Trinajstić information content (AvgIpc) is 3.22. The SMILES string of the molecule is COc1ccc(-c2ccccc2NC(=O)N(C)CCCC2CCCO2)cc1. The van der Waals surface area contributed by atoms with Gasteiger partial charge in [-0.05, 0) is 49.4 Å². The molecule has 144 valence electrons. The van der Waals surface area contributed by atoms with Gasteiger partial charge in [0, 0.05) is 25.8 Å². The summed E-state index contributed by atoms with van der Waals surface area (Å²) in [5.41, 5.74) is 2.83. The summed E-state index contributed by atoms with van der Waals surface area (Å²) in [6.45, 7) is 1.60. The van der Waals surface area contributed by atoms with Crippen molar-refractivity contribution < 1.29 is 14.3 Å². The van der Waals surface area contributed by atoms with E-state index in [-0.39, 0.29) is 6.03 Å². The zero-order valence-corrected chi connectivity index (χ0v) is 16.1. The Bertz CT molecular complexity index is 739. The van der Waals surface area contributed by atoms with E-state index >= 15 is 0 Å². The number of ether oxygens (including phenoxy) is 2. The van der Waals surface area contributed by atoms with Gasteiger partial charge in [0.15, 0.2) is 0 Å². The van der Waals surface area contributed by atoms with Crippen LogP contribution in [0.1, 0.15) is 25.7 Å². The van der Waals surface area contributed by atoms with Gasteiger partial charge >= 0.3 is 6.03 Å². The monoisotopic (exact) mass is 368 g/mol. The normalized spacial score (nSPS) is 16.1. The van der Waals surface area contributed by atoms with Crippen LogP contribution in [0.4, 0.5) is 10.5 Å². The third kappa shape index (κ3) is 5.23. The van der Waals surface area contributed by atoms with Crippen LogP contribution < -0.4 is 10.1 Å². The molecular formula is C22H28N2O3. The summed E-state index contributed by atoms with van der Waals surface area (Å²) >= 11 is 0. The zero-order valence-electron chi connectivity index (χ0n) is 16.1. The first kappa shape index (κ1) is 19.2. The smallest absolute Gasteiger partial charge is 0.321 e. The highest BCUT2D eigenvalue weighted by atomic mass is 16.5. The second kappa shape index (κ2) is 9.42. The molecule has 0 radical (unpaired) electrons. The fraction of sp³-hybridized carbons (Fsp3) is 0.409. The maximum Gasteiger partial charge on any atom is 0.321 e. The molecule has 1 unspecified atom stereocenters. The van der Waals surface area contributed by atoms with Crippen LogP contribution in [-0.4, -0.2) is 44.3 Å². The Kier molecular flexibility index (Phi) is 6.71. The Morgan fingerprint density at radius 3 is 2.70 bits per heavy atom. The number of rotatable bonds is 7. The maximum atomic E-state index is 12.6. The van der Waals surface area contributed by atoms with Gasteiger partial charge in [-0.2, -0.15) is 0 Å². The number of amides is 2. The van der Waals surface area contributed by atoms with Crippen molar-refractivity contribution in [1.29, 1.82) is 0 Å². The Morgan fingerprint density at radius 1 is 1.22 bits per heavy atom. The molecule has 0 aromatic heterocycles. The predicted octanol–water partition coefficient (Wildman–Crippen LogP) is 4.79. The molecule has 1 saturated heterocycles. The van der Waals surface area contributed by atoms with Crippen molar-refractivity contribution in [1.82, 2.24) is 4.90 Å².